The van der Waals surface area contributed by atoms with Crippen LogP contribution < -0.4 is 11.1 Å². The predicted octanol–water partition coefficient (Wildman–Crippen LogP) is 3.15. The number of nitrogens with two attached hydrogens (primary N) is 1. The molecule has 3 rings (SSSR count). The first-order valence-corrected chi connectivity index (χ1v) is 8.79. The van der Waals surface area contributed by atoms with E-state index in [1.165, 1.54) is 24.8 Å². The molecule has 0 spiro atoms. The monoisotopic (exact) mass is 320 g/mol. The van der Waals surface area contributed by atoms with Crippen LogP contribution in [0.3, 0.4) is 0 Å². The van der Waals surface area contributed by atoms with E-state index in [1.54, 1.807) is 0 Å². The van der Waals surface area contributed by atoms with Gasteiger partial charge >= 0.3 is 0 Å². The quantitative estimate of drug-likeness (QED) is 0.895. The van der Waals surface area contributed by atoms with Crippen LogP contribution in [0.5, 0.6) is 0 Å². The standard InChI is InChI=1S/C18H25ClN2O/c19-16-6-4-12(5-7-16)8-9-21-18(22)15-10-13-2-1-3-14(11-15)17(13)20/h4-7,13-15,17H,1-3,8-11,20H2,(H,21,22). The summed E-state index contributed by atoms with van der Waals surface area (Å²) in [6.45, 7) is 0.693. The lowest BCUT2D eigenvalue weighted by molar-refractivity contribution is -0.127. The van der Waals surface area contributed by atoms with E-state index in [2.05, 4.69) is 5.32 Å². The van der Waals surface area contributed by atoms with E-state index in [-0.39, 0.29) is 11.8 Å². The number of benzene rings is 1. The molecule has 1 amide bonds. The molecule has 0 saturated heterocycles. The van der Waals surface area contributed by atoms with Gasteiger partial charge in [0, 0.05) is 23.5 Å². The summed E-state index contributed by atoms with van der Waals surface area (Å²) >= 11 is 5.88. The van der Waals surface area contributed by atoms with Crippen LogP contribution in [0.4, 0.5) is 0 Å². The Labute approximate surface area is 137 Å². The van der Waals surface area contributed by atoms with Crippen molar-refractivity contribution in [2.24, 2.45) is 23.5 Å². The van der Waals surface area contributed by atoms with E-state index >= 15 is 0 Å². The number of amides is 1. The Bertz CT molecular complexity index is 502. The first-order valence-electron chi connectivity index (χ1n) is 8.41. The molecule has 2 fully saturated rings. The summed E-state index contributed by atoms with van der Waals surface area (Å²) in [5.74, 6) is 1.50. The summed E-state index contributed by atoms with van der Waals surface area (Å²) < 4.78 is 0. The van der Waals surface area contributed by atoms with Crippen molar-refractivity contribution >= 4 is 17.5 Å². The van der Waals surface area contributed by atoms with Gasteiger partial charge in [-0.2, -0.15) is 0 Å². The summed E-state index contributed by atoms with van der Waals surface area (Å²) in [7, 11) is 0. The van der Waals surface area contributed by atoms with E-state index < -0.39 is 0 Å². The fraction of sp³-hybridized carbons (Fsp3) is 0.611. The van der Waals surface area contributed by atoms with Crippen molar-refractivity contribution in [1.29, 1.82) is 0 Å². The second-order valence-electron chi connectivity index (χ2n) is 6.86. The van der Waals surface area contributed by atoms with Crippen molar-refractivity contribution in [3.8, 4) is 0 Å². The topological polar surface area (TPSA) is 55.1 Å². The number of carbonyl (C=O) groups excluding carboxylic acids is 1. The van der Waals surface area contributed by atoms with Gasteiger partial charge in [0.25, 0.3) is 0 Å². The number of hydrogen-bond donors (Lipinski definition) is 2. The zero-order chi connectivity index (χ0) is 15.5. The smallest absolute Gasteiger partial charge is 0.223 e. The molecule has 0 radical (unpaired) electrons. The second kappa shape index (κ2) is 7.01. The highest BCUT2D eigenvalue weighted by atomic mass is 35.5. The average Bonchev–Trinajstić information content (AvgIpc) is 2.49. The molecule has 0 aliphatic heterocycles. The predicted molar refractivity (Wildman–Crippen MR) is 89.7 cm³/mol. The number of rotatable bonds is 4. The number of hydrogen-bond acceptors (Lipinski definition) is 2. The highest BCUT2D eigenvalue weighted by molar-refractivity contribution is 6.30. The van der Waals surface area contributed by atoms with Crippen LogP contribution in [0.1, 0.15) is 37.7 Å². The fourth-order valence-electron chi connectivity index (χ4n) is 4.13. The van der Waals surface area contributed by atoms with Crippen molar-refractivity contribution in [3.05, 3.63) is 34.9 Å². The third-order valence-electron chi connectivity index (χ3n) is 5.41. The van der Waals surface area contributed by atoms with Gasteiger partial charge in [-0.1, -0.05) is 30.2 Å². The van der Waals surface area contributed by atoms with Crippen molar-refractivity contribution in [3.63, 3.8) is 0 Å². The van der Waals surface area contributed by atoms with E-state index in [1.807, 2.05) is 24.3 Å². The Hall–Kier alpha value is -1.06. The molecule has 3 nitrogen and oxygen atoms in total. The van der Waals surface area contributed by atoms with Gasteiger partial charge in [-0.15, -0.1) is 0 Å². The highest BCUT2D eigenvalue weighted by Crippen LogP contribution is 2.41. The minimum absolute atomic E-state index is 0.167. The van der Waals surface area contributed by atoms with Gasteiger partial charge in [0.05, 0.1) is 0 Å². The maximum atomic E-state index is 12.4. The summed E-state index contributed by atoms with van der Waals surface area (Å²) in [5.41, 5.74) is 7.49. The largest absolute Gasteiger partial charge is 0.356 e. The van der Waals surface area contributed by atoms with Crippen LogP contribution in [0.2, 0.25) is 5.02 Å². The summed E-state index contributed by atoms with van der Waals surface area (Å²) in [4.78, 5) is 12.4. The Kier molecular flexibility index (Phi) is 5.04. The molecule has 1 aromatic carbocycles. The van der Waals surface area contributed by atoms with Crippen LogP contribution in [-0.2, 0) is 11.2 Å². The molecule has 22 heavy (non-hydrogen) atoms. The van der Waals surface area contributed by atoms with Crippen LogP contribution >= 0.6 is 11.6 Å². The number of carbonyl (C=O) groups is 1. The van der Waals surface area contributed by atoms with Crippen LogP contribution in [0, 0.1) is 17.8 Å². The average molecular weight is 321 g/mol. The molecule has 2 aliphatic carbocycles. The molecule has 0 heterocycles. The van der Waals surface area contributed by atoms with Gasteiger partial charge in [-0.3, -0.25) is 4.79 Å². The van der Waals surface area contributed by atoms with Crippen LogP contribution in [-0.4, -0.2) is 18.5 Å². The molecular weight excluding hydrogens is 296 g/mol. The Morgan fingerprint density at radius 2 is 1.82 bits per heavy atom. The van der Waals surface area contributed by atoms with Gasteiger partial charge < -0.3 is 11.1 Å². The molecule has 2 saturated carbocycles. The first kappa shape index (κ1) is 15.8. The molecule has 2 aliphatic rings. The Morgan fingerprint density at radius 3 is 2.45 bits per heavy atom. The van der Waals surface area contributed by atoms with Crippen molar-refractivity contribution in [2.45, 2.75) is 44.6 Å². The van der Waals surface area contributed by atoms with Crippen molar-refractivity contribution < 1.29 is 4.79 Å². The number of nitrogens with one attached hydrogen (secondary N) is 1. The third kappa shape index (κ3) is 3.64. The van der Waals surface area contributed by atoms with Gasteiger partial charge in [0.15, 0.2) is 0 Å². The molecule has 2 bridgehead atoms. The Morgan fingerprint density at radius 1 is 1.18 bits per heavy atom. The molecule has 2 atom stereocenters. The number of halogens is 1. The number of fused-ring (bicyclic) bond motifs is 2. The maximum Gasteiger partial charge on any atom is 0.223 e. The minimum Gasteiger partial charge on any atom is -0.356 e. The molecule has 1 aromatic rings. The van der Waals surface area contributed by atoms with E-state index in [9.17, 15) is 4.79 Å². The molecule has 2 unspecified atom stereocenters. The summed E-state index contributed by atoms with van der Waals surface area (Å²) in [6.07, 6.45) is 6.49. The van der Waals surface area contributed by atoms with Gasteiger partial charge in [-0.25, -0.2) is 0 Å². The zero-order valence-corrected chi connectivity index (χ0v) is 13.7. The lowest BCUT2D eigenvalue weighted by atomic mass is 9.65. The van der Waals surface area contributed by atoms with Crippen LogP contribution in [0.25, 0.3) is 0 Å². The first-order chi connectivity index (χ1) is 10.6. The summed E-state index contributed by atoms with van der Waals surface area (Å²) in [5, 5.41) is 3.85. The van der Waals surface area contributed by atoms with Gasteiger partial charge in [-0.05, 0) is 61.6 Å². The molecule has 120 valence electrons. The lowest BCUT2D eigenvalue weighted by Gasteiger charge is -2.43. The maximum absolute atomic E-state index is 12.4. The van der Waals surface area contributed by atoms with Crippen LogP contribution in [0.15, 0.2) is 24.3 Å². The molecule has 0 aromatic heterocycles. The molecule has 4 heteroatoms. The zero-order valence-electron chi connectivity index (χ0n) is 12.9. The molecule has 3 N–H and O–H groups in total. The van der Waals surface area contributed by atoms with Crippen molar-refractivity contribution in [2.75, 3.05) is 6.54 Å². The summed E-state index contributed by atoms with van der Waals surface area (Å²) in [6, 6.07) is 8.13. The lowest BCUT2D eigenvalue weighted by Crippen LogP contribution is -2.49. The van der Waals surface area contributed by atoms with Gasteiger partial charge in [0.2, 0.25) is 5.91 Å². The molecular formula is C18H25ClN2O. The highest BCUT2D eigenvalue weighted by Gasteiger charge is 2.40. The third-order valence-corrected chi connectivity index (χ3v) is 5.66. The Balaban J connectivity index is 1.47. The minimum atomic E-state index is 0.167. The van der Waals surface area contributed by atoms with E-state index in [0.717, 1.165) is 24.3 Å². The normalized spacial score (nSPS) is 30.8. The van der Waals surface area contributed by atoms with E-state index in [4.69, 9.17) is 17.3 Å². The SMILES string of the molecule is NC1C2CCCC1CC(C(=O)NCCc1ccc(Cl)cc1)C2. The fourth-order valence-corrected chi connectivity index (χ4v) is 4.25. The van der Waals surface area contributed by atoms with E-state index in [0.29, 0.717) is 24.4 Å². The van der Waals surface area contributed by atoms with Crippen molar-refractivity contribution in [1.82, 2.24) is 5.32 Å². The second-order valence-corrected chi connectivity index (χ2v) is 7.30. The van der Waals surface area contributed by atoms with Gasteiger partial charge in [0.1, 0.15) is 0 Å².